The Morgan fingerprint density at radius 3 is 2.82 bits per heavy atom. The summed E-state index contributed by atoms with van der Waals surface area (Å²) >= 11 is 9.24. The van der Waals surface area contributed by atoms with E-state index in [1.807, 2.05) is 32.0 Å². The number of benzene rings is 1. The van der Waals surface area contributed by atoms with Gasteiger partial charge in [-0.2, -0.15) is 0 Å². The summed E-state index contributed by atoms with van der Waals surface area (Å²) in [5, 5.41) is 3.06. The van der Waals surface area contributed by atoms with Gasteiger partial charge >= 0.3 is 0 Å². The molecule has 1 rings (SSSR count). The summed E-state index contributed by atoms with van der Waals surface area (Å²) in [6, 6.07) is 5.59. The fourth-order valence-corrected chi connectivity index (χ4v) is 1.87. The molecule has 4 heteroatoms. The van der Waals surface area contributed by atoms with E-state index in [1.54, 1.807) is 0 Å². The summed E-state index contributed by atoms with van der Waals surface area (Å²) in [5.74, 6) is -0.0252. The highest BCUT2D eigenvalue weighted by Gasteiger charge is 2.06. The number of hydrogen-bond acceptors (Lipinski definition) is 1. The maximum atomic E-state index is 11.8. The van der Waals surface area contributed by atoms with Crippen molar-refractivity contribution in [3.8, 4) is 0 Å². The molecule has 0 saturated carbocycles. The predicted octanol–water partition coefficient (Wildman–Crippen LogP) is 3.89. The fourth-order valence-electron chi connectivity index (χ4n) is 1.47. The topological polar surface area (TPSA) is 29.1 Å². The lowest BCUT2D eigenvalue weighted by atomic mass is 10.1. The van der Waals surface area contributed by atoms with Crippen LogP contribution < -0.4 is 5.32 Å². The van der Waals surface area contributed by atoms with Gasteiger partial charge in [0.1, 0.15) is 0 Å². The Labute approximate surface area is 116 Å². The minimum atomic E-state index is -0.0252. The number of rotatable bonds is 5. The molecule has 17 heavy (non-hydrogen) atoms. The van der Waals surface area contributed by atoms with Gasteiger partial charge in [-0.3, -0.25) is 4.79 Å². The summed E-state index contributed by atoms with van der Waals surface area (Å²) in [6.45, 7) is 4.60. The molecule has 1 amide bonds. The molecule has 2 nitrogen and oxygen atoms in total. The Hall–Kier alpha value is -0.540. The van der Waals surface area contributed by atoms with E-state index >= 15 is 0 Å². The minimum absolute atomic E-state index is 0.0252. The van der Waals surface area contributed by atoms with E-state index in [0.717, 1.165) is 22.9 Å². The van der Waals surface area contributed by atoms with Gasteiger partial charge in [-0.25, -0.2) is 0 Å². The molecule has 0 radical (unpaired) electrons. The maximum absolute atomic E-state index is 11.8. The van der Waals surface area contributed by atoms with Crippen LogP contribution in [-0.2, 0) is 0 Å². The SMILES string of the molecule is Cc1cc(C(=O)NCCCC(C)Cl)ccc1Br. The molecule has 0 saturated heterocycles. The lowest BCUT2D eigenvalue weighted by Crippen LogP contribution is -2.24. The first-order chi connectivity index (χ1) is 8.00. The van der Waals surface area contributed by atoms with E-state index < -0.39 is 0 Å². The largest absolute Gasteiger partial charge is 0.352 e. The summed E-state index contributed by atoms with van der Waals surface area (Å²) in [6.07, 6.45) is 1.83. The van der Waals surface area contributed by atoms with Crippen LogP contribution in [-0.4, -0.2) is 17.8 Å². The van der Waals surface area contributed by atoms with Crippen molar-refractivity contribution >= 4 is 33.4 Å². The third kappa shape index (κ3) is 5.09. The molecule has 1 atom stereocenters. The number of amides is 1. The lowest BCUT2D eigenvalue weighted by molar-refractivity contribution is 0.0953. The lowest BCUT2D eigenvalue weighted by Gasteiger charge is -2.07. The van der Waals surface area contributed by atoms with Gasteiger partial charge < -0.3 is 5.32 Å². The van der Waals surface area contributed by atoms with E-state index in [4.69, 9.17) is 11.6 Å². The van der Waals surface area contributed by atoms with Gasteiger partial charge in [0.25, 0.3) is 5.91 Å². The molecule has 1 aromatic carbocycles. The van der Waals surface area contributed by atoms with Crippen LogP contribution in [0, 0.1) is 6.92 Å². The van der Waals surface area contributed by atoms with Crippen molar-refractivity contribution in [1.82, 2.24) is 5.32 Å². The normalized spacial score (nSPS) is 12.2. The molecule has 0 aliphatic carbocycles. The summed E-state index contributed by atoms with van der Waals surface area (Å²) in [5.41, 5.74) is 1.76. The number of carbonyl (C=O) groups excluding carboxylic acids is 1. The average molecular weight is 319 g/mol. The van der Waals surface area contributed by atoms with E-state index in [1.165, 1.54) is 0 Å². The van der Waals surface area contributed by atoms with Gasteiger partial charge in [0.2, 0.25) is 0 Å². The highest BCUT2D eigenvalue weighted by molar-refractivity contribution is 9.10. The number of halogens is 2. The molecule has 0 bridgehead atoms. The monoisotopic (exact) mass is 317 g/mol. The third-order valence-corrected chi connectivity index (χ3v) is 3.59. The van der Waals surface area contributed by atoms with Crippen LogP contribution in [0.3, 0.4) is 0 Å². The molecule has 1 unspecified atom stereocenters. The van der Waals surface area contributed by atoms with Gasteiger partial charge in [-0.05, 0) is 50.5 Å². The first kappa shape index (κ1) is 14.5. The van der Waals surface area contributed by atoms with Gasteiger partial charge in [0.05, 0.1) is 0 Å². The first-order valence-electron chi connectivity index (χ1n) is 5.69. The highest BCUT2D eigenvalue weighted by atomic mass is 79.9. The van der Waals surface area contributed by atoms with Crippen molar-refractivity contribution in [2.45, 2.75) is 32.1 Å². The standard InChI is InChI=1S/C13H17BrClNO/c1-9-8-11(5-6-12(9)14)13(17)16-7-3-4-10(2)15/h5-6,8,10H,3-4,7H2,1-2H3,(H,16,17). The van der Waals surface area contributed by atoms with Crippen molar-refractivity contribution in [3.05, 3.63) is 33.8 Å². The van der Waals surface area contributed by atoms with Crippen molar-refractivity contribution in [1.29, 1.82) is 0 Å². The minimum Gasteiger partial charge on any atom is -0.352 e. The van der Waals surface area contributed by atoms with Crippen LogP contribution in [0.4, 0.5) is 0 Å². The maximum Gasteiger partial charge on any atom is 0.251 e. The molecule has 0 fully saturated rings. The Bertz CT molecular complexity index is 393. The molecule has 0 spiro atoms. The second-order valence-corrected chi connectivity index (χ2v) is 5.74. The van der Waals surface area contributed by atoms with Crippen molar-refractivity contribution in [2.75, 3.05) is 6.54 Å². The molecule has 1 aromatic rings. The summed E-state index contributed by atoms with van der Waals surface area (Å²) in [4.78, 5) is 11.8. The Morgan fingerprint density at radius 2 is 2.24 bits per heavy atom. The quantitative estimate of drug-likeness (QED) is 0.647. The molecule has 94 valence electrons. The number of carbonyl (C=O) groups is 1. The Kier molecular flexibility index (Phi) is 6.00. The fraction of sp³-hybridized carbons (Fsp3) is 0.462. The van der Waals surface area contributed by atoms with Crippen molar-refractivity contribution < 1.29 is 4.79 Å². The number of aryl methyl sites for hydroxylation is 1. The second-order valence-electron chi connectivity index (χ2n) is 4.14. The zero-order valence-electron chi connectivity index (χ0n) is 10.1. The highest BCUT2D eigenvalue weighted by Crippen LogP contribution is 2.16. The molecule has 0 heterocycles. The van der Waals surface area contributed by atoms with Gasteiger partial charge in [-0.15, -0.1) is 11.6 Å². The van der Waals surface area contributed by atoms with E-state index in [2.05, 4.69) is 21.2 Å². The van der Waals surface area contributed by atoms with E-state index in [0.29, 0.717) is 12.1 Å². The zero-order chi connectivity index (χ0) is 12.8. The van der Waals surface area contributed by atoms with Crippen LogP contribution in [0.25, 0.3) is 0 Å². The van der Waals surface area contributed by atoms with Crippen molar-refractivity contribution in [2.24, 2.45) is 0 Å². The predicted molar refractivity (Wildman–Crippen MR) is 75.8 cm³/mol. The third-order valence-electron chi connectivity index (χ3n) is 2.48. The second kappa shape index (κ2) is 7.02. The molecule has 1 N–H and O–H groups in total. The van der Waals surface area contributed by atoms with Gasteiger partial charge in [0, 0.05) is 22.0 Å². The average Bonchev–Trinajstić information content (AvgIpc) is 2.27. The number of nitrogens with one attached hydrogen (secondary N) is 1. The molecular weight excluding hydrogens is 302 g/mol. The summed E-state index contributed by atoms with van der Waals surface area (Å²) < 4.78 is 1.02. The molecule has 0 aliphatic heterocycles. The molecular formula is C13H17BrClNO. The zero-order valence-corrected chi connectivity index (χ0v) is 12.4. The van der Waals surface area contributed by atoms with Crippen LogP contribution in [0.5, 0.6) is 0 Å². The number of hydrogen-bond donors (Lipinski definition) is 1. The Balaban J connectivity index is 2.44. The van der Waals surface area contributed by atoms with E-state index in [-0.39, 0.29) is 11.3 Å². The smallest absolute Gasteiger partial charge is 0.251 e. The van der Waals surface area contributed by atoms with Gasteiger partial charge in [-0.1, -0.05) is 15.9 Å². The first-order valence-corrected chi connectivity index (χ1v) is 6.92. The van der Waals surface area contributed by atoms with Crippen LogP contribution >= 0.6 is 27.5 Å². The molecule has 0 aliphatic rings. The van der Waals surface area contributed by atoms with E-state index in [9.17, 15) is 4.79 Å². The van der Waals surface area contributed by atoms with Gasteiger partial charge in [0.15, 0.2) is 0 Å². The molecule has 0 aromatic heterocycles. The van der Waals surface area contributed by atoms with Crippen LogP contribution in [0.2, 0.25) is 0 Å². The van der Waals surface area contributed by atoms with Crippen LogP contribution in [0.15, 0.2) is 22.7 Å². The van der Waals surface area contributed by atoms with Crippen LogP contribution in [0.1, 0.15) is 35.7 Å². The van der Waals surface area contributed by atoms with Crippen molar-refractivity contribution in [3.63, 3.8) is 0 Å². The Morgan fingerprint density at radius 1 is 1.53 bits per heavy atom. The summed E-state index contributed by atoms with van der Waals surface area (Å²) in [7, 11) is 0. The number of alkyl halides is 1.